The molecule has 1 aromatic rings. The van der Waals surface area contributed by atoms with Gasteiger partial charge in [-0.15, -0.1) is 0 Å². The SMILES string of the molecule is CC(C)CC(=O)Nc1cccc(C(=O)O)c1. The van der Waals surface area contributed by atoms with Crippen LogP contribution in [0.5, 0.6) is 0 Å². The van der Waals surface area contributed by atoms with Crippen LogP contribution in [-0.4, -0.2) is 17.0 Å². The highest BCUT2D eigenvalue weighted by Crippen LogP contribution is 2.12. The number of carboxylic acid groups (broad SMARTS) is 1. The Bertz CT molecular complexity index is 399. The van der Waals surface area contributed by atoms with Crippen molar-refractivity contribution in [1.82, 2.24) is 0 Å². The van der Waals surface area contributed by atoms with E-state index in [9.17, 15) is 9.59 Å². The van der Waals surface area contributed by atoms with Crippen LogP contribution in [0.1, 0.15) is 30.6 Å². The Morgan fingerprint density at radius 1 is 1.38 bits per heavy atom. The van der Waals surface area contributed by atoms with Gasteiger partial charge in [0.1, 0.15) is 0 Å². The van der Waals surface area contributed by atoms with Gasteiger partial charge in [0.05, 0.1) is 5.56 Å². The summed E-state index contributed by atoms with van der Waals surface area (Å²) >= 11 is 0. The molecule has 0 aliphatic rings. The van der Waals surface area contributed by atoms with Crippen molar-refractivity contribution in [2.45, 2.75) is 20.3 Å². The number of aromatic carboxylic acids is 1. The summed E-state index contributed by atoms with van der Waals surface area (Å²) in [6.45, 7) is 3.90. The highest BCUT2D eigenvalue weighted by atomic mass is 16.4. The monoisotopic (exact) mass is 221 g/mol. The van der Waals surface area contributed by atoms with Gasteiger partial charge in [-0.25, -0.2) is 4.79 Å². The van der Waals surface area contributed by atoms with E-state index in [1.807, 2.05) is 13.8 Å². The molecule has 2 N–H and O–H groups in total. The molecule has 0 aromatic heterocycles. The third kappa shape index (κ3) is 3.73. The lowest BCUT2D eigenvalue weighted by atomic mass is 10.1. The van der Waals surface area contributed by atoms with E-state index in [1.54, 1.807) is 12.1 Å². The van der Waals surface area contributed by atoms with Gasteiger partial charge < -0.3 is 10.4 Å². The molecule has 0 aliphatic heterocycles. The normalized spacial score (nSPS) is 10.2. The quantitative estimate of drug-likeness (QED) is 0.820. The molecule has 1 amide bonds. The zero-order chi connectivity index (χ0) is 12.1. The van der Waals surface area contributed by atoms with Crippen LogP contribution >= 0.6 is 0 Å². The number of hydrogen-bond donors (Lipinski definition) is 2. The highest BCUT2D eigenvalue weighted by Gasteiger charge is 2.07. The average molecular weight is 221 g/mol. The fraction of sp³-hybridized carbons (Fsp3) is 0.333. The first kappa shape index (κ1) is 12.2. The largest absolute Gasteiger partial charge is 0.478 e. The number of anilines is 1. The number of hydrogen-bond acceptors (Lipinski definition) is 2. The van der Waals surface area contributed by atoms with Crippen LogP contribution < -0.4 is 5.32 Å². The van der Waals surface area contributed by atoms with Crippen LogP contribution in [-0.2, 0) is 4.79 Å². The summed E-state index contributed by atoms with van der Waals surface area (Å²) in [5.41, 5.74) is 0.688. The van der Waals surface area contributed by atoms with Gasteiger partial charge in [-0.3, -0.25) is 4.79 Å². The van der Waals surface area contributed by atoms with Crippen molar-refractivity contribution < 1.29 is 14.7 Å². The first-order chi connectivity index (χ1) is 7.49. The number of carboxylic acids is 1. The molecule has 1 rings (SSSR count). The third-order valence-corrected chi connectivity index (χ3v) is 1.99. The molecule has 0 aliphatic carbocycles. The van der Waals surface area contributed by atoms with Gasteiger partial charge in [-0.1, -0.05) is 19.9 Å². The fourth-order valence-electron chi connectivity index (χ4n) is 1.31. The molecule has 0 saturated heterocycles. The number of carbonyl (C=O) groups is 2. The minimum Gasteiger partial charge on any atom is -0.478 e. The Morgan fingerprint density at radius 2 is 2.06 bits per heavy atom. The minimum absolute atomic E-state index is 0.0995. The van der Waals surface area contributed by atoms with Gasteiger partial charge >= 0.3 is 5.97 Å². The van der Waals surface area contributed by atoms with E-state index in [4.69, 9.17) is 5.11 Å². The number of amides is 1. The smallest absolute Gasteiger partial charge is 0.335 e. The maximum atomic E-state index is 11.4. The second-order valence-corrected chi connectivity index (χ2v) is 4.03. The van der Waals surface area contributed by atoms with E-state index < -0.39 is 5.97 Å². The molecule has 0 radical (unpaired) electrons. The van der Waals surface area contributed by atoms with Crippen LogP contribution in [0.4, 0.5) is 5.69 Å². The van der Waals surface area contributed by atoms with Crippen molar-refractivity contribution in [3.05, 3.63) is 29.8 Å². The van der Waals surface area contributed by atoms with Crippen molar-refractivity contribution in [2.24, 2.45) is 5.92 Å². The molecule has 0 saturated carbocycles. The van der Waals surface area contributed by atoms with E-state index >= 15 is 0 Å². The molecule has 0 spiro atoms. The summed E-state index contributed by atoms with van der Waals surface area (Å²) < 4.78 is 0. The predicted molar refractivity (Wildman–Crippen MR) is 61.5 cm³/mol. The standard InChI is InChI=1S/C12H15NO3/c1-8(2)6-11(14)13-10-5-3-4-9(7-10)12(15)16/h3-5,7-8H,6H2,1-2H3,(H,13,14)(H,15,16). The molecule has 0 fully saturated rings. The average Bonchev–Trinajstić information content (AvgIpc) is 2.16. The van der Waals surface area contributed by atoms with Gasteiger partial charge in [-0.2, -0.15) is 0 Å². The summed E-state index contributed by atoms with van der Waals surface area (Å²) in [4.78, 5) is 22.1. The van der Waals surface area contributed by atoms with Crippen molar-refractivity contribution in [3.63, 3.8) is 0 Å². The van der Waals surface area contributed by atoms with Crippen molar-refractivity contribution in [3.8, 4) is 0 Å². The zero-order valence-corrected chi connectivity index (χ0v) is 9.36. The third-order valence-electron chi connectivity index (χ3n) is 1.99. The molecule has 1 aromatic carbocycles. The van der Waals surface area contributed by atoms with Crippen molar-refractivity contribution in [1.29, 1.82) is 0 Å². The lowest BCUT2D eigenvalue weighted by Crippen LogP contribution is -2.14. The van der Waals surface area contributed by atoms with Crippen molar-refractivity contribution in [2.75, 3.05) is 5.32 Å². The van der Waals surface area contributed by atoms with Gasteiger partial charge in [0.2, 0.25) is 5.91 Å². The molecule has 0 bridgehead atoms. The first-order valence-electron chi connectivity index (χ1n) is 5.12. The second-order valence-electron chi connectivity index (χ2n) is 4.03. The molecule has 0 heterocycles. The maximum absolute atomic E-state index is 11.4. The topological polar surface area (TPSA) is 66.4 Å². The Hall–Kier alpha value is -1.84. The lowest BCUT2D eigenvalue weighted by Gasteiger charge is -2.07. The lowest BCUT2D eigenvalue weighted by molar-refractivity contribution is -0.116. The first-order valence-corrected chi connectivity index (χ1v) is 5.12. The summed E-state index contributed by atoms with van der Waals surface area (Å²) in [6, 6.07) is 6.21. The Balaban J connectivity index is 2.70. The zero-order valence-electron chi connectivity index (χ0n) is 9.36. The molecule has 16 heavy (non-hydrogen) atoms. The van der Waals surface area contributed by atoms with Crippen LogP contribution in [0, 0.1) is 5.92 Å². The molecular weight excluding hydrogens is 206 g/mol. The summed E-state index contributed by atoms with van der Waals surface area (Å²) in [6.07, 6.45) is 0.428. The molecule has 4 nitrogen and oxygen atoms in total. The summed E-state index contributed by atoms with van der Waals surface area (Å²) in [5, 5.41) is 11.4. The van der Waals surface area contributed by atoms with Gasteiger partial charge in [-0.05, 0) is 24.1 Å². The van der Waals surface area contributed by atoms with Crippen LogP contribution in [0.3, 0.4) is 0 Å². The Labute approximate surface area is 94.3 Å². The number of rotatable bonds is 4. The van der Waals surface area contributed by atoms with Gasteiger partial charge in [0.15, 0.2) is 0 Å². The maximum Gasteiger partial charge on any atom is 0.335 e. The van der Waals surface area contributed by atoms with Crippen LogP contribution in [0.2, 0.25) is 0 Å². The Kier molecular flexibility index (Phi) is 4.05. The highest BCUT2D eigenvalue weighted by molar-refractivity contribution is 5.93. The number of benzene rings is 1. The van der Waals surface area contributed by atoms with E-state index in [0.717, 1.165) is 0 Å². The second kappa shape index (κ2) is 5.30. The molecule has 86 valence electrons. The van der Waals surface area contributed by atoms with Crippen LogP contribution in [0.25, 0.3) is 0 Å². The molecular formula is C12H15NO3. The summed E-state index contributed by atoms with van der Waals surface area (Å²) in [5.74, 6) is -0.819. The summed E-state index contributed by atoms with van der Waals surface area (Å²) in [7, 11) is 0. The van der Waals surface area contributed by atoms with E-state index in [2.05, 4.69) is 5.32 Å². The molecule has 0 unspecified atom stereocenters. The fourth-order valence-corrected chi connectivity index (χ4v) is 1.31. The molecule has 4 heteroatoms. The number of nitrogens with one attached hydrogen (secondary N) is 1. The van der Waals surface area contributed by atoms with Crippen LogP contribution in [0.15, 0.2) is 24.3 Å². The molecule has 0 atom stereocenters. The Morgan fingerprint density at radius 3 is 2.62 bits per heavy atom. The number of carbonyl (C=O) groups excluding carboxylic acids is 1. The predicted octanol–water partition coefficient (Wildman–Crippen LogP) is 2.37. The van der Waals surface area contributed by atoms with E-state index in [-0.39, 0.29) is 17.4 Å². The minimum atomic E-state index is -1.00. The van der Waals surface area contributed by atoms with Gasteiger partial charge in [0, 0.05) is 12.1 Å². The van der Waals surface area contributed by atoms with Crippen molar-refractivity contribution >= 4 is 17.6 Å². The van der Waals surface area contributed by atoms with E-state index in [0.29, 0.717) is 12.1 Å². The van der Waals surface area contributed by atoms with E-state index in [1.165, 1.54) is 12.1 Å². The van der Waals surface area contributed by atoms with Gasteiger partial charge in [0.25, 0.3) is 0 Å².